The van der Waals surface area contributed by atoms with Crippen molar-refractivity contribution in [1.29, 1.82) is 0 Å². The van der Waals surface area contributed by atoms with Crippen LogP contribution in [0, 0.1) is 5.41 Å². The number of ether oxygens (including phenoxy) is 1. The highest BCUT2D eigenvalue weighted by Crippen LogP contribution is 2.36. The van der Waals surface area contributed by atoms with E-state index in [2.05, 4.69) is 37.8 Å². The Morgan fingerprint density at radius 1 is 1.15 bits per heavy atom. The molecule has 1 saturated heterocycles. The van der Waals surface area contributed by atoms with E-state index in [4.69, 9.17) is 18.6 Å². The van der Waals surface area contributed by atoms with Crippen molar-refractivity contribution in [2.24, 2.45) is 5.41 Å². The third-order valence-corrected chi connectivity index (χ3v) is 7.16. The van der Waals surface area contributed by atoms with Gasteiger partial charge in [0.25, 0.3) is 0 Å². The highest BCUT2D eigenvalue weighted by atomic mass is 28.2. The molecule has 1 aromatic rings. The zero-order valence-corrected chi connectivity index (χ0v) is 23.4. The number of pyridine rings is 1. The molecule has 0 spiro atoms. The first-order valence-electron chi connectivity index (χ1n) is 11.8. The molecule has 2 aliphatic rings. The van der Waals surface area contributed by atoms with Crippen LogP contribution in [0.3, 0.4) is 0 Å². The van der Waals surface area contributed by atoms with E-state index < -0.39 is 5.60 Å². The van der Waals surface area contributed by atoms with Gasteiger partial charge in [0.2, 0.25) is 19.5 Å². The van der Waals surface area contributed by atoms with Crippen LogP contribution in [-0.4, -0.2) is 72.6 Å². The molecule has 2 atom stereocenters. The molecule has 4 radical (unpaired) electrons. The van der Waals surface area contributed by atoms with Crippen LogP contribution in [0.4, 0.5) is 10.6 Å². The predicted molar refractivity (Wildman–Crippen MR) is 133 cm³/mol. The van der Waals surface area contributed by atoms with E-state index in [0.717, 1.165) is 30.8 Å². The lowest BCUT2D eigenvalue weighted by molar-refractivity contribution is -0.0818. The van der Waals surface area contributed by atoms with Gasteiger partial charge in [0, 0.05) is 30.2 Å². The van der Waals surface area contributed by atoms with Gasteiger partial charge in [-0.2, -0.15) is 0 Å². The molecule has 0 N–H and O–H groups in total. The van der Waals surface area contributed by atoms with Crippen LogP contribution < -0.4 is 4.90 Å². The van der Waals surface area contributed by atoms with Crippen molar-refractivity contribution in [1.82, 2.24) is 9.88 Å². The van der Waals surface area contributed by atoms with Crippen molar-refractivity contribution in [3.8, 4) is 0 Å². The third kappa shape index (κ3) is 6.38. The molecule has 0 aromatic carbocycles. The SMILES string of the molecule is C[Si]OC(O[Si]C)C(C)(C)CCc1ccc2c(n1)N1[C@H](C2)CN(C(=O)OC(C)(C)C)C[C@H]1C. The maximum absolute atomic E-state index is 12.7. The van der Waals surface area contributed by atoms with Crippen molar-refractivity contribution >= 4 is 31.4 Å². The molecule has 3 rings (SSSR count). The zero-order chi connectivity index (χ0) is 24.4. The minimum Gasteiger partial charge on any atom is -0.444 e. The second-order valence-electron chi connectivity index (χ2n) is 10.7. The highest BCUT2D eigenvalue weighted by Gasteiger charge is 2.41. The summed E-state index contributed by atoms with van der Waals surface area (Å²) in [6.45, 7) is 17.7. The number of anilines is 1. The van der Waals surface area contributed by atoms with Crippen LogP contribution in [0.25, 0.3) is 0 Å². The van der Waals surface area contributed by atoms with Crippen LogP contribution in [0.5, 0.6) is 0 Å². The van der Waals surface area contributed by atoms with Crippen LogP contribution in [0.2, 0.25) is 13.1 Å². The van der Waals surface area contributed by atoms with Gasteiger partial charge >= 0.3 is 6.09 Å². The van der Waals surface area contributed by atoms with Gasteiger partial charge < -0.3 is 23.4 Å². The maximum Gasteiger partial charge on any atom is 0.410 e. The van der Waals surface area contributed by atoms with Gasteiger partial charge in [-0.25, -0.2) is 9.78 Å². The van der Waals surface area contributed by atoms with Gasteiger partial charge in [-0.15, -0.1) is 0 Å². The van der Waals surface area contributed by atoms with E-state index in [-0.39, 0.29) is 29.9 Å². The van der Waals surface area contributed by atoms with E-state index in [1.807, 2.05) is 38.8 Å². The van der Waals surface area contributed by atoms with E-state index in [9.17, 15) is 4.79 Å². The number of fused-ring (bicyclic) bond motifs is 3. The van der Waals surface area contributed by atoms with Gasteiger partial charge in [-0.3, -0.25) is 0 Å². The van der Waals surface area contributed by atoms with Gasteiger partial charge in [-0.1, -0.05) is 19.9 Å². The fraction of sp³-hybridized carbons (Fsp3) is 0.750. The summed E-state index contributed by atoms with van der Waals surface area (Å²) in [7, 11) is 0.813. The second kappa shape index (κ2) is 10.5. The minimum absolute atomic E-state index is 0.0957. The Morgan fingerprint density at radius 3 is 2.42 bits per heavy atom. The molecular formula is C24H39N3O4Si2. The number of aromatic nitrogens is 1. The quantitative estimate of drug-likeness (QED) is 0.405. The zero-order valence-electron chi connectivity index (χ0n) is 21.4. The number of piperazine rings is 1. The summed E-state index contributed by atoms with van der Waals surface area (Å²) >= 11 is 0. The van der Waals surface area contributed by atoms with Crippen molar-refractivity contribution in [3.05, 3.63) is 23.4 Å². The fourth-order valence-corrected chi connectivity index (χ4v) is 5.88. The fourth-order valence-electron chi connectivity index (χ4n) is 4.62. The number of carbonyl (C=O) groups is 1. The molecule has 3 heterocycles. The summed E-state index contributed by atoms with van der Waals surface area (Å²) in [6, 6.07) is 4.82. The lowest BCUT2D eigenvalue weighted by Crippen LogP contribution is -2.58. The van der Waals surface area contributed by atoms with Crippen molar-refractivity contribution in [2.45, 2.75) is 97.9 Å². The molecule has 1 amide bonds. The molecule has 0 unspecified atom stereocenters. The monoisotopic (exact) mass is 489 g/mol. The number of rotatable bonds is 8. The average Bonchev–Trinajstić information content (AvgIpc) is 3.09. The summed E-state index contributed by atoms with van der Waals surface area (Å²) in [6.07, 6.45) is 2.31. The number of hydrogen-bond donors (Lipinski definition) is 0. The van der Waals surface area contributed by atoms with Gasteiger partial charge in [0.15, 0.2) is 0 Å². The number of hydrogen-bond acceptors (Lipinski definition) is 6. The normalized spacial score (nSPS) is 20.8. The number of amides is 1. The third-order valence-electron chi connectivity index (χ3n) is 6.26. The highest BCUT2D eigenvalue weighted by molar-refractivity contribution is 6.26. The Hall–Kier alpha value is -1.43. The molecule has 182 valence electrons. The largest absolute Gasteiger partial charge is 0.444 e. The van der Waals surface area contributed by atoms with Crippen LogP contribution in [-0.2, 0) is 26.4 Å². The molecule has 1 aromatic heterocycles. The molecule has 0 bridgehead atoms. The Labute approximate surface area is 204 Å². The first-order valence-corrected chi connectivity index (χ1v) is 14.7. The number of nitrogens with zero attached hydrogens (tertiary/aromatic N) is 3. The Morgan fingerprint density at radius 2 is 1.82 bits per heavy atom. The van der Waals surface area contributed by atoms with E-state index >= 15 is 0 Å². The summed E-state index contributed by atoms with van der Waals surface area (Å²) in [5.74, 6) is 1.08. The summed E-state index contributed by atoms with van der Waals surface area (Å²) in [4.78, 5) is 22.0. The van der Waals surface area contributed by atoms with Crippen molar-refractivity contribution in [2.75, 3.05) is 18.0 Å². The van der Waals surface area contributed by atoms with Gasteiger partial charge in [0.05, 0.1) is 6.04 Å². The van der Waals surface area contributed by atoms with Crippen molar-refractivity contribution < 1.29 is 18.4 Å². The molecule has 0 saturated carbocycles. The Bertz CT molecular complexity index is 824. The van der Waals surface area contributed by atoms with Crippen molar-refractivity contribution in [3.63, 3.8) is 0 Å². The smallest absolute Gasteiger partial charge is 0.410 e. The van der Waals surface area contributed by atoms with Crippen LogP contribution in [0.1, 0.15) is 59.2 Å². The number of aryl methyl sites for hydroxylation is 1. The van der Waals surface area contributed by atoms with Gasteiger partial charge in [0.1, 0.15) is 17.7 Å². The average molecular weight is 490 g/mol. The van der Waals surface area contributed by atoms with Gasteiger partial charge in [-0.05, 0) is 71.7 Å². The molecular weight excluding hydrogens is 450 g/mol. The number of carbonyl (C=O) groups excluding carboxylic acids is 1. The minimum atomic E-state index is -0.482. The molecule has 1 fully saturated rings. The lowest BCUT2D eigenvalue weighted by Gasteiger charge is -2.43. The molecule has 2 aliphatic heterocycles. The molecule has 33 heavy (non-hydrogen) atoms. The van der Waals surface area contributed by atoms with E-state index in [1.54, 1.807) is 0 Å². The topological polar surface area (TPSA) is 64.1 Å². The first-order chi connectivity index (χ1) is 15.4. The first kappa shape index (κ1) is 26.2. The lowest BCUT2D eigenvalue weighted by atomic mass is 9.86. The summed E-state index contributed by atoms with van der Waals surface area (Å²) < 4.78 is 17.4. The maximum atomic E-state index is 12.7. The molecule has 7 nitrogen and oxygen atoms in total. The second-order valence-corrected chi connectivity index (χ2v) is 12.0. The van der Waals surface area contributed by atoms with E-state index in [0.29, 0.717) is 32.6 Å². The molecule has 0 aliphatic carbocycles. The predicted octanol–water partition coefficient (Wildman–Crippen LogP) is 4.10. The van der Waals surface area contributed by atoms with Crippen LogP contribution in [0.15, 0.2) is 12.1 Å². The van der Waals surface area contributed by atoms with Crippen LogP contribution >= 0.6 is 0 Å². The summed E-state index contributed by atoms with van der Waals surface area (Å²) in [5.41, 5.74) is 1.79. The summed E-state index contributed by atoms with van der Waals surface area (Å²) in [5, 5.41) is 0. The molecule has 9 heteroatoms. The Balaban J connectivity index is 1.68. The van der Waals surface area contributed by atoms with E-state index in [1.165, 1.54) is 5.56 Å². The Kier molecular flexibility index (Phi) is 8.30. The standard InChI is InChI=1S/C24H39N3O4Si2/c1-16-14-26(22(28)29-23(2,3)4)15-19-13-17-9-10-18(25-20(17)27(16)19)11-12-24(5,6)21(30-32-7)31-33-8/h9-10,16,19,21H,11-15H2,1-8H3/t16-,19-/m1/s1.